The lowest BCUT2D eigenvalue weighted by Crippen LogP contribution is -2.33. The van der Waals surface area contributed by atoms with Crippen molar-refractivity contribution >= 4 is 28.5 Å². The van der Waals surface area contributed by atoms with E-state index in [-0.39, 0.29) is 12.1 Å². The minimum absolute atomic E-state index is 0.363. The molecule has 8 heteroatoms. The second-order valence-electron chi connectivity index (χ2n) is 6.01. The number of nitrogens with one attached hydrogen (secondary N) is 1. The molecule has 0 aliphatic rings. The Morgan fingerprint density at radius 3 is 2.82 bits per heavy atom. The van der Waals surface area contributed by atoms with Crippen LogP contribution in [-0.4, -0.2) is 27.5 Å². The van der Waals surface area contributed by atoms with E-state index in [1.807, 2.05) is 6.07 Å². The molecular weight excluding hydrogens is 360 g/mol. The van der Waals surface area contributed by atoms with Crippen molar-refractivity contribution < 1.29 is 14.3 Å². The Hall–Kier alpha value is -3.99. The molecule has 1 N–H and O–H groups in total. The van der Waals surface area contributed by atoms with Crippen LogP contribution in [0.25, 0.3) is 10.9 Å². The summed E-state index contributed by atoms with van der Waals surface area (Å²) >= 11 is 0. The summed E-state index contributed by atoms with van der Waals surface area (Å²) in [6.07, 6.45) is 0.187. The number of rotatable bonds is 5. The van der Waals surface area contributed by atoms with E-state index < -0.39 is 18.0 Å². The number of carbonyl (C=O) groups excluding carboxylic acids is 2. The third kappa shape index (κ3) is 4.22. The number of nitrogens with zero attached hydrogens (tertiary/aromatic N) is 3. The lowest BCUT2D eigenvalue weighted by molar-refractivity contribution is -0.153. The topological polar surface area (TPSA) is 114 Å². The molecule has 0 saturated carbocycles. The lowest BCUT2D eigenvalue weighted by Gasteiger charge is -2.14. The molecule has 3 rings (SSSR count). The average Bonchev–Trinajstić information content (AvgIpc) is 2.70. The molecule has 0 aliphatic heterocycles. The van der Waals surface area contributed by atoms with Gasteiger partial charge in [-0.3, -0.25) is 19.0 Å². The van der Waals surface area contributed by atoms with Gasteiger partial charge < -0.3 is 10.1 Å². The summed E-state index contributed by atoms with van der Waals surface area (Å²) in [5.41, 5.74) is 0.977. The van der Waals surface area contributed by atoms with E-state index >= 15 is 0 Å². The van der Waals surface area contributed by atoms with Crippen molar-refractivity contribution in [3.8, 4) is 6.07 Å². The SMILES string of the molecule is C[C@H](OC(=O)Cn1cnc2ccccc2c1=O)C(=O)Nc1cccc(C#N)c1. The number of aromatic nitrogens is 2. The number of para-hydroxylation sites is 1. The van der Waals surface area contributed by atoms with Gasteiger partial charge in [0, 0.05) is 5.69 Å². The maximum absolute atomic E-state index is 12.4. The molecule has 1 heterocycles. The van der Waals surface area contributed by atoms with Crippen LogP contribution in [0.4, 0.5) is 5.69 Å². The van der Waals surface area contributed by atoms with Crippen molar-refractivity contribution in [1.82, 2.24) is 9.55 Å². The highest BCUT2D eigenvalue weighted by molar-refractivity contribution is 5.95. The molecule has 2 aromatic carbocycles. The first-order valence-electron chi connectivity index (χ1n) is 8.42. The third-order valence-electron chi connectivity index (χ3n) is 3.97. The van der Waals surface area contributed by atoms with Gasteiger partial charge in [-0.15, -0.1) is 0 Å². The summed E-state index contributed by atoms with van der Waals surface area (Å²) in [6, 6.07) is 15.1. The number of amides is 1. The number of ether oxygens (including phenoxy) is 1. The molecule has 0 unspecified atom stereocenters. The summed E-state index contributed by atoms with van der Waals surface area (Å²) < 4.78 is 6.24. The maximum atomic E-state index is 12.4. The molecule has 0 saturated heterocycles. The van der Waals surface area contributed by atoms with Gasteiger partial charge in [-0.1, -0.05) is 18.2 Å². The van der Waals surface area contributed by atoms with Gasteiger partial charge in [0.05, 0.1) is 28.9 Å². The Morgan fingerprint density at radius 1 is 1.25 bits per heavy atom. The molecule has 140 valence electrons. The van der Waals surface area contributed by atoms with Crippen LogP contribution in [0.15, 0.2) is 59.7 Å². The zero-order valence-corrected chi connectivity index (χ0v) is 15.0. The highest BCUT2D eigenvalue weighted by Crippen LogP contribution is 2.11. The Morgan fingerprint density at radius 2 is 2.04 bits per heavy atom. The van der Waals surface area contributed by atoms with Crippen LogP contribution in [0.2, 0.25) is 0 Å². The zero-order valence-electron chi connectivity index (χ0n) is 15.0. The molecule has 0 spiro atoms. The number of nitriles is 1. The van der Waals surface area contributed by atoms with Crippen LogP contribution in [0.3, 0.4) is 0 Å². The van der Waals surface area contributed by atoms with Crippen molar-refractivity contribution in [3.63, 3.8) is 0 Å². The Labute approximate surface area is 160 Å². The molecule has 0 fully saturated rings. The minimum Gasteiger partial charge on any atom is -0.451 e. The van der Waals surface area contributed by atoms with Crippen LogP contribution in [0, 0.1) is 11.3 Å². The smallest absolute Gasteiger partial charge is 0.326 e. The van der Waals surface area contributed by atoms with E-state index in [4.69, 9.17) is 10.00 Å². The monoisotopic (exact) mass is 376 g/mol. The third-order valence-corrected chi connectivity index (χ3v) is 3.97. The van der Waals surface area contributed by atoms with Crippen molar-refractivity contribution in [2.75, 3.05) is 5.32 Å². The van der Waals surface area contributed by atoms with Crippen LogP contribution >= 0.6 is 0 Å². The molecule has 0 radical (unpaired) electrons. The first-order chi connectivity index (χ1) is 13.5. The minimum atomic E-state index is -1.08. The van der Waals surface area contributed by atoms with E-state index in [1.165, 1.54) is 19.3 Å². The van der Waals surface area contributed by atoms with E-state index in [1.54, 1.807) is 42.5 Å². The Balaban J connectivity index is 1.64. The van der Waals surface area contributed by atoms with Crippen LogP contribution in [0.1, 0.15) is 12.5 Å². The highest BCUT2D eigenvalue weighted by atomic mass is 16.5. The largest absolute Gasteiger partial charge is 0.451 e. The summed E-state index contributed by atoms with van der Waals surface area (Å²) in [4.78, 5) is 40.9. The van der Waals surface area contributed by atoms with E-state index in [2.05, 4.69) is 10.3 Å². The van der Waals surface area contributed by atoms with Crippen molar-refractivity contribution in [2.45, 2.75) is 19.6 Å². The van der Waals surface area contributed by atoms with Gasteiger partial charge >= 0.3 is 5.97 Å². The number of carbonyl (C=O) groups is 2. The van der Waals surface area contributed by atoms with Crippen LogP contribution in [-0.2, 0) is 20.9 Å². The van der Waals surface area contributed by atoms with Gasteiger partial charge in [-0.2, -0.15) is 5.26 Å². The van der Waals surface area contributed by atoms with Crippen molar-refractivity contribution in [2.24, 2.45) is 0 Å². The Kier molecular flexibility index (Phi) is 5.46. The van der Waals surface area contributed by atoms with Gasteiger partial charge in [0.25, 0.3) is 11.5 Å². The number of hydrogen-bond donors (Lipinski definition) is 1. The normalized spacial score (nSPS) is 11.4. The van der Waals surface area contributed by atoms with E-state index in [0.29, 0.717) is 22.2 Å². The first-order valence-corrected chi connectivity index (χ1v) is 8.42. The standard InChI is InChI=1S/C20H16N4O4/c1-13(19(26)23-15-6-4-5-14(9-15)10-21)28-18(25)11-24-12-22-17-8-3-2-7-16(17)20(24)27/h2-9,12-13H,11H2,1H3,(H,23,26)/t13-/m0/s1. The van der Waals surface area contributed by atoms with Gasteiger partial charge in [-0.05, 0) is 37.3 Å². The van der Waals surface area contributed by atoms with Gasteiger partial charge in [-0.25, -0.2) is 4.98 Å². The fraction of sp³-hybridized carbons (Fsp3) is 0.150. The fourth-order valence-electron chi connectivity index (χ4n) is 2.56. The van der Waals surface area contributed by atoms with Crippen molar-refractivity contribution in [1.29, 1.82) is 5.26 Å². The summed E-state index contributed by atoms with van der Waals surface area (Å²) in [7, 11) is 0. The number of esters is 1. The van der Waals surface area contributed by atoms with Gasteiger partial charge in [0.2, 0.25) is 0 Å². The summed E-state index contributed by atoms with van der Waals surface area (Å²) in [5.74, 6) is -1.29. The fourth-order valence-corrected chi connectivity index (χ4v) is 2.56. The maximum Gasteiger partial charge on any atom is 0.326 e. The first kappa shape index (κ1) is 18.8. The highest BCUT2D eigenvalue weighted by Gasteiger charge is 2.19. The van der Waals surface area contributed by atoms with E-state index in [9.17, 15) is 14.4 Å². The van der Waals surface area contributed by atoms with Gasteiger partial charge in [0.1, 0.15) is 6.54 Å². The van der Waals surface area contributed by atoms with Crippen molar-refractivity contribution in [3.05, 3.63) is 70.8 Å². The van der Waals surface area contributed by atoms with Crippen LogP contribution in [0.5, 0.6) is 0 Å². The molecular formula is C20H16N4O4. The molecule has 1 atom stereocenters. The molecule has 3 aromatic rings. The molecule has 0 aliphatic carbocycles. The quantitative estimate of drug-likeness (QED) is 0.680. The second kappa shape index (κ2) is 8.14. The molecule has 28 heavy (non-hydrogen) atoms. The van der Waals surface area contributed by atoms with Crippen LogP contribution < -0.4 is 10.9 Å². The number of anilines is 1. The predicted octanol–water partition coefficient (Wildman–Crippen LogP) is 1.84. The number of benzene rings is 2. The zero-order chi connectivity index (χ0) is 20.1. The van der Waals surface area contributed by atoms with Gasteiger partial charge in [0.15, 0.2) is 6.10 Å². The summed E-state index contributed by atoms with van der Waals surface area (Å²) in [6.45, 7) is 1.06. The van der Waals surface area contributed by atoms with E-state index in [0.717, 1.165) is 4.57 Å². The second-order valence-corrected chi connectivity index (χ2v) is 6.01. The average molecular weight is 376 g/mol. The number of hydrogen-bond acceptors (Lipinski definition) is 6. The molecule has 8 nitrogen and oxygen atoms in total. The predicted molar refractivity (Wildman–Crippen MR) is 101 cm³/mol. The Bertz CT molecular complexity index is 1150. The molecule has 0 bridgehead atoms. The molecule has 1 aromatic heterocycles. The molecule has 1 amide bonds. The summed E-state index contributed by atoms with van der Waals surface area (Å²) in [5, 5.41) is 11.9. The lowest BCUT2D eigenvalue weighted by atomic mass is 10.2. The number of fused-ring (bicyclic) bond motifs is 1.